The maximum atomic E-state index is 12.1. The van der Waals surface area contributed by atoms with E-state index in [0.717, 1.165) is 25.7 Å². The summed E-state index contributed by atoms with van der Waals surface area (Å²) in [7, 11) is -3.33. The van der Waals surface area contributed by atoms with Gasteiger partial charge in [-0.2, -0.15) is 0 Å². The lowest BCUT2D eigenvalue weighted by molar-refractivity contribution is 0.510. The summed E-state index contributed by atoms with van der Waals surface area (Å²) in [6.07, 6.45) is 6.63. The largest absolute Gasteiger partial charge is 0.240 e. The summed E-state index contributed by atoms with van der Waals surface area (Å²) in [4.78, 5) is 0.365. The molecule has 0 heterocycles. The summed E-state index contributed by atoms with van der Waals surface area (Å²) < 4.78 is 27.0. The number of benzene rings is 1. The fraction of sp³-hybridized carbons (Fsp3) is 0.538. The van der Waals surface area contributed by atoms with Gasteiger partial charge in [0.15, 0.2) is 0 Å². The van der Waals surface area contributed by atoms with E-state index >= 15 is 0 Å². The standard InChI is InChI=1S/C13H19NO2S/c15-17(16,13-10-6-3-7-11-13)14-12-8-4-1-2-5-9-12/h3,6-7,10-12,14H,1-2,4-5,8-9H2. The Morgan fingerprint density at radius 2 is 1.53 bits per heavy atom. The van der Waals surface area contributed by atoms with Gasteiger partial charge in [0.05, 0.1) is 4.90 Å². The smallest absolute Gasteiger partial charge is 0.208 e. The Bertz CT molecular complexity index is 434. The molecule has 1 fully saturated rings. The van der Waals surface area contributed by atoms with Crippen LogP contribution in [0.4, 0.5) is 0 Å². The zero-order valence-electron chi connectivity index (χ0n) is 9.93. The third-order valence-corrected chi connectivity index (χ3v) is 4.77. The first-order chi connectivity index (χ1) is 8.18. The van der Waals surface area contributed by atoms with Crippen LogP contribution >= 0.6 is 0 Å². The second-order valence-electron chi connectivity index (χ2n) is 4.62. The molecule has 1 aliphatic carbocycles. The van der Waals surface area contributed by atoms with Crippen molar-refractivity contribution in [3.05, 3.63) is 30.3 Å². The van der Waals surface area contributed by atoms with Gasteiger partial charge in [0.2, 0.25) is 10.0 Å². The first-order valence-electron chi connectivity index (χ1n) is 6.26. The van der Waals surface area contributed by atoms with Crippen molar-refractivity contribution in [1.29, 1.82) is 0 Å². The predicted molar refractivity (Wildman–Crippen MR) is 68.3 cm³/mol. The summed E-state index contributed by atoms with van der Waals surface area (Å²) >= 11 is 0. The van der Waals surface area contributed by atoms with Gasteiger partial charge in [-0.3, -0.25) is 0 Å². The van der Waals surface area contributed by atoms with Crippen LogP contribution in [-0.2, 0) is 10.0 Å². The molecule has 0 unspecified atom stereocenters. The highest BCUT2D eigenvalue weighted by Crippen LogP contribution is 2.19. The van der Waals surface area contributed by atoms with E-state index in [0.29, 0.717) is 4.90 Å². The van der Waals surface area contributed by atoms with Crippen molar-refractivity contribution < 1.29 is 8.42 Å². The van der Waals surface area contributed by atoms with E-state index in [-0.39, 0.29) is 6.04 Å². The zero-order chi connectivity index (χ0) is 12.1. The van der Waals surface area contributed by atoms with Gasteiger partial charge in [-0.25, -0.2) is 13.1 Å². The Morgan fingerprint density at radius 3 is 2.12 bits per heavy atom. The molecule has 1 saturated carbocycles. The number of hydrogen-bond acceptors (Lipinski definition) is 2. The lowest BCUT2D eigenvalue weighted by Gasteiger charge is -2.16. The first-order valence-corrected chi connectivity index (χ1v) is 7.74. The van der Waals surface area contributed by atoms with Crippen molar-refractivity contribution in [2.75, 3.05) is 0 Å². The van der Waals surface area contributed by atoms with Crippen molar-refractivity contribution in [2.45, 2.75) is 49.5 Å². The maximum Gasteiger partial charge on any atom is 0.240 e. The van der Waals surface area contributed by atoms with Gasteiger partial charge in [0, 0.05) is 6.04 Å². The third-order valence-electron chi connectivity index (χ3n) is 3.23. The summed E-state index contributed by atoms with van der Waals surface area (Å²) in [5.74, 6) is 0. The van der Waals surface area contributed by atoms with Gasteiger partial charge in [0.25, 0.3) is 0 Å². The lowest BCUT2D eigenvalue weighted by Crippen LogP contribution is -2.34. The molecule has 0 amide bonds. The van der Waals surface area contributed by atoms with Crippen molar-refractivity contribution in [3.63, 3.8) is 0 Å². The van der Waals surface area contributed by atoms with Crippen molar-refractivity contribution in [2.24, 2.45) is 0 Å². The molecule has 3 nitrogen and oxygen atoms in total. The van der Waals surface area contributed by atoms with Crippen LogP contribution in [0.15, 0.2) is 35.2 Å². The molecule has 0 aromatic heterocycles. The minimum atomic E-state index is -3.33. The van der Waals surface area contributed by atoms with E-state index in [1.165, 1.54) is 12.8 Å². The molecule has 0 aliphatic heterocycles. The molecular formula is C13H19NO2S. The summed E-state index contributed by atoms with van der Waals surface area (Å²) in [5, 5.41) is 0. The zero-order valence-corrected chi connectivity index (χ0v) is 10.7. The molecule has 0 spiro atoms. The highest BCUT2D eigenvalue weighted by atomic mass is 32.2. The Kier molecular flexibility index (Phi) is 4.18. The molecule has 1 aromatic rings. The molecule has 94 valence electrons. The normalized spacial score (nSPS) is 18.8. The summed E-state index contributed by atoms with van der Waals surface area (Å²) in [6.45, 7) is 0. The van der Waals surface area contributed by atoms with E-state index in [2.05, 4.69) is 4.72 Å². The van der Waals surface area contributed by atoms with E-state index in [4.69, 9.17) is 0 Å². The highest BCUT2D eigenvalue weighted by Gasteiger charge is 2.20. The highest BCUT2D eigenvalue weighted by molar-refractivity contribution is 7.89. The second-order valence-corrected chi connectivity index (χ2v) is 6.34. The van der Waals surface area contributed by atoms with Crippen LogP contribution in [0.5, 0.6) is 0 Å². The number of hydrogen-bond donors (Lipinski definition) is 1. The topological polar surface area (TPSA) is 46.2 Å². The molecule has 1 aliphatic rings. The summed E-state index contributed by atoms with van der Waals surface area (Å²) in [6, 6.07) is 8.72. The van der Waals surface area contributed by atoms with E-state index in [1.807, 2.05) is 6.07 Å². The van der Waals surface area contributed by atoms with Crippen LogP contribution in [0, 0.1) is 0 Å². The van der Waals surface area contributed by atoms with Gasteiger partial charge in [-0.05, 0) is 25.0 Å². The first kappa shape index (κ1) is 12.6. The van der Waals surface area contributed by atoms with Crippen LogP contribution in [0.2, 0.25) is 0 Å². The van der Waals surface area contributed by atoms with Crippen molar-refractivity contribution in [3.8, 4) is 0 Å². The third kappa shape index (κ3) is 3.54. The monoisotopic (exact) mass is 253 g/mol. The molecule has 0 atom stereocenters. The number of nitrogens with one attached hydrogen (secondary N) is 1. The van der Waals surface area contributed by atoms with E-state index in [1.54, 1.807) is 24.3 Å². The quantitative estimate of drug-likeness (QED) is 0.842. The minimum Gasteiger partial charge on any atom is -0.208 e. The SMILES string of the molecule is O=S(=O)(NC1CCCCCC1)c1ccccc1. The van der Waals surface area contributed by atoms with Crippen LogP contribution in [0.3, 0.4) is 0 Å². The molecular weight excluding hydrogens is 234 g/mol. The molecule has 1 aromatic carbocycles. The Hall–Kier alpha value is -0.870. The molecule has 1 N–H and O–H groups in total. The van der Waals surface area contributed by atoms with Crippen LogP contribution in [0.1, 0.15) is 38.5 Å². The minimum absolute atomic E-state index is 0.114. The van der Waals surface area contributed by atoms with Gasteiger partial charge >= 0.3 is 0 Å². The molecule has 0 bridgehead atoms. The predicted octanol–water partition coefficient (Wildman–Crippen LogP) is 2.69. The van der Waals surface area contributed by atoms with Crippen LogP contribution < -0.4 is 4.72 Å². The molecule has 0 saturated heterocycles. The van der Waals surface area contributed by atoms with Gasteiger partial charge in [-0.15, -0.1) is 0 Å². The average molecular weight is 253 g/mol. The number of sulfonamides is 1. The molecule has 4 heteroatoms. The average Bonchev–Trinajstić information content (AvgIpc) is 2.58. The fourth-order valence-electron chi connectivity index (χ4n) is 2.28. The van der Waals surface area contributed by atoms with Gasteiger partial charge < -0.3 is 0 Å². The Balaban J connectivity index is 2.06. The number of rotatable bonds is 3. The summed E-state index contributed by atoms with van der Waals surface area (Å²) in [5.41, 5.74) is 0. The second kappa shape index (κ2) is 5.65. The molecule has 2 rings (SSSR count). The van der Waals surface area contributed by atoms with Crippen molar-refractivity contribution >= 4 is 10.0 Å². The Labute approximate surface area is 103 Å². The molecule has 0 radical (unpaired) electrons. The van der Waals surface area contributed by atoms with Gasteiger partial charge in [-0.1, -0.05) is 43.9 Å². The Morgan fingerprint density at radius 1 is 0.941 bits per heavy atom. The van der Waals surface area contributed by atoms with Crippen LogP contribution in [-0.4, -0.2) is 14.5 Å². The van der Waals surface area contributed by atoms with Crippen molar-refractivity contribution in [1.82, 2.24) is 4.72 Å². The van der Waals surface area contributed by atoms with E-state index in [9.17, 15) is 8.42 Å². The van der Waals surface area contributed by atoms with Gasteiger partial charge in [0.1, 0.15) is 0 Å². The van der Waals surface area contributed by atoms with E-state index < -0.39 is 10.0 Å². The maximum absolute atomic E-state index is 12.1. The van der Waals surface area contributed by atoms with Crippen LogP contribution in [0.25, 0.3) is 0 Å². The molecule has 17 heavy (non-hydrogen) atoms. The fourth-order valence-corrected chi connectivity index (χ4v) is 3.61. The lowest BCUT2D eigenvalue weighted by atomic mass is 10.1.